The lowest BCUT2D eigenvalue weighted by Crippen LogP contribution is -2.47. The van der Waals surface area contributed by atoms with Gasteiger partial charge in [-0.3, -0.25) is 9.59 Å². The van der Waals surface area contributed by atoms with Crippen LogP contribution in [0.25, 0.3) is 0 Å². The molecule has 3 unspecified atom stereocenters. The Balaban J connectivity index is 2.47. The average molecular weight is 241 g/mol. The van der Waals surface area contributed by atoms with Gasteiger partial charge in [0, 0.05) is 26.1 Å². The third-order valence-corrected chi connectivity index (χ3v) is 3.45. The molecule has 5 nitrogen and oxygen atoms in total. The highest BCUT2D eigenvalue weighted by molar-refractivity contribution is 5.82. The van der Waals surface area contributed by atoms with Gasteiger partial charge in [0.2, 0.25) is 11.8 Å². The molecule has 5 heteroatoms. The zero-order chi connectivity index (χ0) is 13.0. The SMILES string of the molecule is CCC(C)C(N)C(=O)N1CCC(NC(C)=O)C1. The molecule has 0 aromatic rings. The summed E-state index contributed by atoms with van der Waals surface area (Å²) in [7, 11) is 0. The van der Waals surface area contributed by atoms with Crippen LogP contribution in [-0.2, 0) is 9.59 Å². The van der Waals surface area contributed by atoms with Crippen molar-refractivity contribution in [3.8, 4) is 0 Å². The number of hydrogen-bond acceptors (Lipinski definition) is 3. The van der Waals surface area contributed by atoms with Gasteiger partial charge in [-0.15, -0.1) is 0 Å². The molecule has 0 aliphatic carbocycles. The second-order valence-electron chi connectivity index (χ2n) is 4.88. The van der Waals surface area contributed by atoms with Gasteiger partial charge in [0.25, 0.3) is 0 Å². The molecule has 0 saturated carbocycles. The van der Waals surface area contributed by atoms with Crippen LogP contribution in [0.4, 0.5) is 0 Å². The van der Waals surface area contributed by atoms with Gasteiger partial charge in [0.05, 0.1) is 6.04 Å². The monoisotopic (exact) mass is 241 g/mol. The summed E-state index contributed by atoms with van der Waals surface area (Å²) in [5.74, 6) is 0.157. The molecule has 1 rings (SSSR count). The van der Waals surface area contributed by atoms with E-state index < -0.39 is 6.04 Å². The summed E-state index contributed by atoms with van der Waals surface area (Å²) in [6.45, 7) is 6.79. The summed E-state index contributed by atoms with van der Waals surface area (Å²) < 4.78 is 0. The highest BCUT2D eigenvalue weighted by Gasteiger charge is 2.31. The van der Waals surface area contributed by atoms with Crippen LogP contribution in [0.1, 0.15) is 33.6 Å². The van der Waals surface area contributed by atoms with Gasteiger partial charge in [-0.25, -0.2) is 0 Å². The predicted molar refractivity (Wildman–Crippen MR) is 66.2 cm³/mol. The van der Waals surface area contributed by atoms with Crippen molar-refractivity contribution in [2.24, 2.45) is 11.7 Å². The van der Waals surface area contributed by atoms with Crippen LogP contribution in [0.3, 0.4) is 0 Å². The second-order valence-corrected chi connectivity index (χ2v) is 4.88. The normalized spacial score (nSPS) is 23.3. The van der Waals surface area contributed by atoms with Crippen LogP contribution in [0.15, 0.2) is 0 Å². The Hall–Kier alpha value is -1.10. The number of amides is 2. The molecule has 2 amide bonds. The fraction of sp³-hybridized carbons (Fsp3) is 0.833. The number of nitrogens with two attached hydrogens (primary N) is 1. The van der Waals surface area contributed by atoms with E-state index in [2.05, 4.69) is 5.32 Å². The molecule has 0 radical (unpaired) electrons. The lowest BCUT2D eigenvalue weighted by Gasteiger charge is -2.24. The van der Waals surface area contributed by atoms with E-state index in [1.165, 1.54) is 6.92 Å². The first kappa shape index (κ1) is 14.0. The molecule has 1 saturated heterocycles. The Morgan fingerprint density at radius 3 is 2.71 bits per heavy atom. The fourth-order valence-electron chi connectivity index (χ4n) is 2.07. The second kappa shape index (κ2) is 6.00. The highest BCUT2D eigenvalue weighted by atomic mass is 16.2. The lowest BCUT2D eigenvalue weighted by molar-refractivity contribution is -0.133. The Bertz CT molecular complexity index is 293. The van der Waals surface area contributed by atoms with Crippen LogP contribution < -0.4 is 11.1 Å². The Morgan fingerprint density at radius 2 is 2.18 bits per heavy atom. The molecule has 1 aliphatic rings. The standard InChI is InChI=1S/C12H23N3O2/c1-4-8(2)11(13)12(17)15-6-5-10(7-15)14-9(3)16/h8,10-11H,4-7,13H2,1-3H3,(H,14,16). The molecular weight excluding hydrogens is 218 g/mol. The summed E-state index contributed by atoms with van der Waals surface area (Å²) >= 11 is 0. The first-order valence-corrected chi connectivity index (χ1v) is 6.27. The van der Waals surface area contributed by atoms with Gasteiger partial charge in [-0.1, -0.05) is 20.3 Å². The molecule has 0 aromatic heterocycles. The molecule has 1 aliphatic heterocycles. The number of carbonyl (C=O) groups excluding carboxylic acids is 2. The zero-order valence-electron chi connectivity index (χ0n) is 10.9. The summed E-state index contributed by atoms with van der Waals surface area (Å²) in [6.07, 6.45) is 1.72. The zero-order valence-corrected chi connectivity index (χ0v) is 10.9. The maximum absolute atomic E-state index is 12.1. The minimum Gasteiger partial charge on any atom is -0.352 e. The fourth-order valence-corrected chi connectivity index (χ4v) is 2.07. The Labute approximate surface area is 103 Å². The van der Waals surface area contributed by atoms with Gasteiger partial charge >= 0.3 is 0 Å². The van der Waals surface area contributed by atoms with Crippen molar-refractivity contribution in [2.45, 2.75) is 45.7 Å². The van der Waals surface area contributed by atoms with Gasteiger partial charge in [-0.2, -0.15) is 0 Å². The summed E-state index contributed by atoms with van der Waals surface area (Å²) in [5, 5.41) is 2.84. The highest BCUT2D eigenvalue weighted by Crippen LogP contribution is 2.14. The van der Waals surface area contributed by atoms with Gasteiger partial charge in [0.1, 0.15) is 0 Å². The third-order valence-electron chi connectivity index (χ3n) is 3.45. The van der Waals surface area contributed by atoms with E-state index in [1.54, 1.807) is 4.90 Å². The molecule has 17 heavy (non-hydrogen) atoms. The first-order valence-electron chi connectivity index (χ1n) is 6.27. The molecule has 3 N–H and O–H groups in total. The van der Waals surface area contributed by atoms with E-state index in [9.17, 15) is 9.59 Å². The average Bonchev–Trinajstić information content (AvgIpc) is 2.73. The minimum absolute atomic E-state index is 0.00667. The topological polar surface area (TPSA) is 75.4 Å². The molecule has 0 spiro atoms. The quantitative estimate of drug-likeness (QED) is 0.733. The number of carbonyl (C=O) groups is 2. The molecule has 3 atom stereocenters. The molecule has 0 aromatic carbocycles. The van der Waals surface area contributed by atoms with Gasteiger partial charge in [-0.05, 0) is 12.3 Å². The molecule has 0 bridgehead atoms. The van der Waals surface area contributed by atoms with Crippen LogP contribution >= 0.6 is 0 Å². The molecule has 1 fully saturated rings. The van der Waals surface area contributed by atoms with Crippen molar-refractivity contribution in [1.82, 2.24) is 10.2 Å². The number of hydrogen-bond donors (Lipinski definition) is 2. The van der Waals surface area contributed by atoms with E-state index in [0.717, 1.165) is 12.8 Å². The van der Waals surface area contributed by atoms with Gasteiger partial charge < -0.3 is 16.0 Å². The first-order chi connectivity index (χ1) is 7.95. The van der Waals surface area contributed by atoms with Crippen LogP contribution in [-0.4, -0.2) is 41.9 Å². The van der Waals surface area contributed by atoms with Crippen molar-refractivity contribution in [2.75, 3.05) is 13.1 Å². The number of rotatable bonds is 4. The van der Waals surface area contributed by atoms with E-state index in [-0.39, 0.29) is 23.8 Å². The molecule has 1 heterocycles. The van der Waals surface area contributed by atoms with Crippen molar-refractivity contribution in [3.05, 3.63) is 0 Å². The van der Waals surface area contributed by atoms with E-state index in [0.29, 0.717) is 13.1 Å². The van der Waals surface area contributed by atoms with Crippen molar-refractivity contribution < 1.29 is 9.59 Å². The summed E-state index contributed by atoms with van der Waals surface area (Å²) in [5.41, 5.74) is 5.92. The third kappa shape index (κ3) is 3.70. The Morgan fingerprint density at radius 1 is 1.53 bits per heavy atom. The van der Waals surface area contributed by atoms with E-state index in [4.69, 9.17) is 5.73 Å². The molecule has 98 valence electrons. The van der Waals surface area contributed by atoms with E-state index in [1.807, 2.05) is 13.8 Å². The number of nitrogens with zero attached hydrogens (tertiary/aromatic N) is 1. The molecular formula is C12H23N3O2. The minimum atomic E-state index is -0.420. The predicted octanol–water partition coefficient (Wildman–Crippen LogP) is 0.0968. The maximum atomic E-state index is 12.1. The number of nitrogens with one attached hydrogen (secondary N) is 1. The van der Waals surface area contributed by atoms with Crippen LogP contribution in [0.5, 0.6) is 0 Å². The van der Waals surface area contributed by atoms with Crippen molar-refractivity contribution in [1.29, 1.82) is 0 Å². The number of likely N-dealkylation sites (tertiary alicyclic amines) is 1. The maximum Gasteiger partial charge on any atom is 0.239 e. The Kier molecular flexibility index (Phi) is 4.93. The smallest absolute Gasteiger partial charge is 0.239 e. The van der Waals surface area contributed by atoms with Crippen molar-refractivity contribution >= 4 is 11.8 Å². The van der Waals surface area contributed by atoms with Crippen LogP contribution in [0, 0.1) is 5.92 Å². The van der Waals surface area contributed by atoms with E-state index >= 15 is 0 Å². The lowest BCUT2D eigenvalue weighted by atomic mass is 9.99. The summed E-state index contributed by atoms with van der Waals surface area (Å²) in [4.78, 5) is 24.8. The van der Waals surface area contributed by atoms with Gasteiger partial charge in [0.15, 0.2) is 0 Å². The van der Waals surface area contributed by atoms with Crippen molar-refractivity contribution in [3.63, 3.8) is 0 Å². The van der Waals surface area contributed by atoms with Crippen LogP contribution in [0.2, 0.25) is 0 Å². The largest absolute Gasteiger partial charge is 0.352 e. The summed E-state index contributed by atoms with van der Waals surface area (Å²) in [6, 6.07) is -0.336.